The first-order valence-electron chi connectivity index (χ1n) is 13.2. The van der Waals surface area contributed by atoms with Crippen molar-refractivity contribution in [3.8, 4) is 5.75 Å². The van der Waals surface area contributed by atoms with Crippen LogP contribution >= 0.6 is 0 Å². The Hall–Kier alpha value is -4.37. The number of amides is 1. The topological polar surface area (TPSA) is 104 Å². The van der Waals surface area contributed by atoms with E-state index in [4.69, 9.17) is 14.2 Å². The molecule has 0 aliphatic rings. The van der Waals surface area contributed by atoms with Crippen LogP contribution in [0.15, 0.2) is 54.7 Å². The van der Waals surface area contributed by atoms with Gasteiger partial charge in [0.1, 0.15) is 11.4 Å². The molecule has 2 heterocycles. The Bertz CT molecular complexity index is 1500. The van der Waals surface area contributed by atoms with E-state index in [1.807, 2.05) is 56.3 Å². The fraction of sp³-hybridized carbons (Fsp3) is 0.323. The van der Waals surface area contributed by atoms with Crippen LogP contribution in [-0.4, -0.2) is 49.4 Å². The number of carbonyl (C=O) groups excluding carboxylic acids is 2. The molecule has 9 heteroatoms. The zero-order valence-electron chi connectivity index (χ0n) is 23.7. The smallest absolute Gasteiger partial charge is 0.356 e. The molecular weight excluding hydrogens is 508 g/mol. The van der Waals surface area contributed by atoms with Gasteiger partial charge in [0.15, 0.2) is 5.69 Å². The summed E-state index contributed by atoms with van der Waals surface area (Å²) in [6, 6.07) is 15.8. The molecule has 0 saturated carbocycles. The summed E-state index contributed by atoms with van der Waals surface area (Å²) >= 11 is 0. The van der Waals surface area contributed by atoms with Crippen molar-refractivity contribution in [1.29, 1.82) is 0 Å². The fourth-order valence-electron chi connectivity index (χ4n) is 4.72. The number of fused-ring (bicyclic) bond motifs is 1. The predicted octanol–water partition coefficient (Wildman–Crippen LogP) is 5.28. The summed E-state index contributed by atoms with van der Waals surface area (Å²) in [6.07, 6.45) is 2.56. The molecule has 9 nitrogen and oxygen atoms in total. The summed E-state index contributed by atoms with van der Waals surface area (Å²) in [6.45, 7) is 5.34. The number of nitrogens with zero attached hydrogens (tertiary/aromatic N) is 2. The van der Waals surface area contributed by atoms with Crippen LogP contribution in [0.25, 0.3) is 11.0 Å². The van der Waals surface area contributed by atoms with Crippen molar-refractivity contribution < 1.29 is 23.8 Å². The lowest BCUT2D eigenvalue weighted by Crippen LogP contribution is -2.18. The van der Waals surface area contributed by atoms with Gasteiger partial charge in [0, 0.05) is 32.0 Å². The zero-order chi connectivity index (χ0) is 28.6. The molecule has 2 aromatic carbocycles. The Morgan fingerprint density at radius 3 is 2.48 bits per heavy atom. The largest absolute Gasteiger partial charge is 0.496 e. The predicted molar refractivity (Wildman–Crippen MR) is 156 cm³/mol. The first kappa shape index (κ1) is 28.6. The van der Waals surface area contributed by atoms with Crippen LogP contribution in [0.4, 0.5) is 11.4 Å². The summed E-state index contributed by atoms with van der Waals surface area (Å²) in [7, 11) is 4.58. The summed E-state index contributed by atoms with van der Waals surface area (Å²) in [5.74, 6) is 0.0820. The molecule has 0 saturated heterocycles. The fourth-order valence-corrected chi connectivity index (χ4v) is 4.72. The van der Waals surface area contributed by atoms with Crippen molar-refractivity contribution in [2.45, 2.75) is 39.8 Å². The second kappa shape index (κ2) is 13.1. The van der Waals surface area contributed by atoms with Crippen LogP contribution in [0.5, 0.6) is 5.75 Å². The first-order valence-corrected chi connectivity index (χ1v) is 13.2. The van der Waals surface area contributed by atoms with Crippen molar-refractivity contribution in [1.82, 2.24) is 9.55 Å². The molecule has 0 unspecified atom stereocenters. The lowest BCUT2D eigenvalue weighted by Gasteiger charge is -2.13. The minimum absolute atomic E-state index is 0.206. The van der Waals surface area contributed by atoms with E-state index < -0.39 is 5.97 Å². The molecule has 4 aromatic rings. The van der Waals surface area contributed by atoms with Gasteiger partial charge in [0.25, 0.3) is 0 Å². The van der Waals surface area contributed by atoms with E-state index in [-0.39, 0.29) is 18.0 Å². The summed E-state index contributed by atoms with van der Waals surface area (Å²) in [5.41, 5.74) is 6.26. The van der Waals surface area contributed by atoms with Gasteiger partial charge in [-0.1, -0.05) is 36.4 Å². The van der Waals surface area contributed by atoms with Crippen LogP contribution < -0.4 is 15.4 Å². The van der Waals surface area contributed by atoms with Crippen LogP contribution in [0, 0.1) is 13.8 Å². The number of esters is 1. The highest BCUT2D eigenvalue weighted by atomic mass is 16.5. The number of methoxy groups -OCH3 is 3. The third kappa shape index (κ3) is 6.43. The number of aryl methyl sites for hydroxylation is 3. The number of rotatable bonds is 12. The number of hydrogen-bond donors (Lipinski definition) is 2. The Morgan fingerprint density at radius 1 is 1.00 bits per heavy atom. The molecule has 40 heavy (non-hydrogen) atoms. The summed E-state index contributed by atoms with van der Waals surface area (Å²) in [5, 5.41) is 7.05. The van der Waals surface area contributed by atoms with Crippen molar-refractivity contribution >= 4 is 34.3 Å². The molecule has 0 aliphatic carbocycles. The molecule has 2 aromatic heterocycles. The third-order valence-corrected chi connectivity index (χ3v) is 6.88. The highest BCUT2D eigenvalue weighted by molar-refractivity contribution is 6.11. The number of aromatic nitrogens is 2. The number of ether oxygens (including phenoxy) is 3. The lowest BCUT2D eigenvalue weighted by molar-refractivity contribution is -0.116. The van der Waals surface area contributed by atoms with E-state index in [9.17, 15) is 9.59 Å². The normalized spacial score (nSPS) is 10.9. The second-order valence-corrected chi connectivity index (χ2v) is 9.59. The molecule has 210 valence electrons. The van der Waals surface area contributed by atoms with Gasteiger partial charge in [0.05, 0.1) is 38.4 Å². The molecule has 0 spiro atoms. The van der Waals surface area contributed by atoms with Crippen LogP contribution in [0.3, 0.4) is 0 Å². The molecule has 0 aliphatic heterocycles. The maximum Gasteiger partial charge on any atom is 0.356 e. The average Bonchev–Trinajstić information content (AvgIpc) is 3.27. The molecule has 2 N–H and O–H groups in total. The van der Waals surface area contributed by atoms with Gasteiger partial charge in [-0.25, -0.2) is 9.78 Å². The van der Waals surface area contributed by atoms with E-state index in [1.54, 1.807) is 25.0 Å². The molecule has 0 bridgehead atoms. The quantitative estimate of drug-likeness (QED) is 0.234. The Morgan fingerprint density at radius 2 is 1.77 bits per heavy atom. The number of carbonyl (C=O) groups is 2. The van der Waals surface area contributed by atoms with Crippen LogP contribution in [0.2, 0.25) is 0 Å². The lowest BCUT2D eigenvalue weighted by atomic mass is 10.0. The second-order valence-electron chi connectivity index (χ2n) is 9.59. The van der Waals surface area contributed by atoms with E-state index in [0.29, 0.717) is 42.8 Å². The van der Waals surface area contributed by atoms with E-state index >= 15 is 0 Å². The molecule has 0 fully saturated rings. The number of pyridine rings is 1. The molecule has 0 radical (unpaired) electrons. The van der Waals surface area contributed by atoms with Crippen molar-refractivity contribution in [3.05, 3.63) is 82.7 Å². The minimum Gasteiger partial charge on any atom is -0.496 e. The van der Waals surface area contributed by atoms with Gasteiger partial charge in [-0.15, -0.1) is 0 Å². The summed E-state index contributed by atoms with van der Waals surface area (Å²) in [4.78, 5) is 30.7. The molecule has 1 amide bonds. The zero-order valence-corrected chi connectivity index (χ0v) is 23.7. The minimum atomic E-state index is -0.564. The van der Waals surface area contributed by atoms with Crippen LogP contribution in [-0.2, 0) is 33.8 Å². The molecule has 0 atom stereocenters. The third-order valence-electron chi connectivity index (χ3n) is 6.88. The van der Waals surface area contributed by atoms with E-state index in [2.05, 4.69) is 21.7 Å². The number of hydrogen-bond acceptors (Lipinski definition) is 7. The SMILES string of the molecule is COCCn1c(C(=O)OC)c(NC(=O)CCc2ccccc2)c2cc(NCc3cc(C)c(OC)cc3C)cnc21. The van der Waals surface area contributed by atoms with Gasteiger partial charge < -0.3 is 29.4 Å². The van der Waals surface area contributed by atoms with Gasteiger partial charge in [0.2, 0.25) is 5.91 Å². The maximum atomic E-state index is 13.1. The Labute approximate surface area is 234 Å². The monoisotopic (exact) mass is 544 g/mol. The molecule has 4 rings (SSSR count). The average molecular weight is 545 g/mol. The summed E-state index contributed by atoms with van der Waals surface area (Å²) < 4.78 is 17.6. The van der Waals surface area contributed by atoms with Gasteiger partial charge in [-0.05, 0) is 54.7 Å². The van der Waals surface area contributed by atoms with Gasteiger partial charge in [-0.2, -0.15) is 0 Å². The number of anilines is 2. The maximum absolute atomic E-state index is 13.1. The first-order chi connectivity index (χ1) is 19.4. The van der Waals surface area contributed by atoms with Gasteiger partial charge in [-0.3, -0.25) is 4.79 Å². The Kier molecular flexibility index (Phi) is 9.39. The molecular formula is C31H36N4O5. The number of nitrogens with one attached hydrogen (secondary N) is 2. The van der Waals surface area contributed by atoms with Crippen molar-refractivity contribution in [3.63, 3.8) is 0 Å². The van der Waals surface area contributed by atoms with E-state index in [0.717, 1.165) is 33.7 Å². The highest BCUT2D eigenvalue weighted by Gasteiger charge is 2.26. The van der Waals surface area contributed by atoms with Crippen molar-refractivity contribution in [2.24, 2.45) is 0 Å². The van der Waals surface area contributed by atoms with Crippen LogP contribution in [0.1, 0.15) is 39.2 Å². The highest BCUT2D eigenvalue weighted by Crippen LogP contribution is 2.33. The number of benzene rings is 2. The van der Waals surface area contributed by atoms with Crippen molar-refractivity contribution in [2.75, 3.05) is 38.6 Å². The van der Waals surface area contributed by atoms with Gasteiger partial charge >= 0.3 is 5.97 Å². The van der Waals surface area contributed by atoms with E-state index in [1.165, 1.54) is 7.11 Å². The Balaban J connectivity index is 1.68. The standard InChI is InChI=1S/C31H36N4O5/c1-20-16-26(39-4)21(2)15-23(20)18-32-24-17-25-28(34-27(36)12-11-22-9-7-6-8-10-22)29(31(37)40-5)35(13-14-38-3)30(25)33-19-24/h6-10,15-17,19,32H,11-14,18H2,1-5H3,(H,34,36).